The lowest BCUT2D eigenvalue weighted by atomic mass is 10.0. The summed E-state index contributed by atoms with van der Waals surface area (Å²) < 4.78 is 13.9. The van der Waals surface area contributed by atoms with Crippen molar-refractivity contribution in [3.05, 3.63) is 117 Å². The van der Waals surface area contributed by atoms with Gasteiger partial charge >= 0.3 is 0 Å². The van der Waals surface area contributed by atoms with Crippen LogP contribution in [-0.2, 0) is 17.8 Å². The van der Waals surface area contributed by atoms with Gasteiger partial charge in [0.25, 0.3) is 11.8 Å². The normalized spacial score (nSPS) is 14.8. The van der Waals surface area contributed by atoms with E-state index in [1.54, 1.807) is 42.6 Å². The van der Waals surface area contributed by atoms with E-state index in [1.807, 2.05) is 0 Å². The second-order valence-electron chi connectivity index (χ2n) is 8.76. The average molecular weight is 564 g/mol. The van der Waals surface area contributed by atoms with E-state index in [4.69, 9.17) is 23.2 Å². The summed E-state index contributed by atoms with van der Waals surface area (Å²) in [7, 11) is 0. The van der Waals surface area contributed by atoms with Crippen LogP contribution in [0, 0.1) is 5.82 Å². The Kier molecular flexibility index (Phi) is 7.53. The van der Waals surface area contributed by atoms with Crippen molar-refractivity contribution >= 4 is 52.4 Å². The predicted molar refractivity (Wildman–Crippen MR) is 145 cm³/mol. The second-order valence-corrected chi connectivity index (χ2v) is 9.60. The molecule has 5 rings (SSSR count). The second kappa shape index (κ2) is 11.2. The van der Waals surface area contributed by atoms with E-state index in [2.05, 4.69) is 20.6 Å². The molecule has 196 valence electrons. The van der Waals surface area contributed by atoms with Crippen molar-refractivity contribution in [2.75, 3.05) is 10.6 Å². The van der Waals surface area contributed by atoms with Crippen molar-refractivity contribution in [3.8, 4) is 0 Å². The van der Waals surface area contributed by atoms with Crippen molar-refractivity contribution in [3.63, 3.8) is 0 Å². The highest BCUT2D eigenvalue weighted by Crippen LogP contribution is 2.29. The van der Waals surface area contributed by atoms with Gasteiger partial charge in [-0.3, -0.25) is 19.4 Å². The number of fused-ring (bicyclic) bond motifs is 1. The van der Waals surface area contributed by atoms with Crippen molar-refractivity contribution in [1.82, 2.24) is 14.9 Å². The average Bonchev–Trinajstić information content (AvgIpc) is 3.00. The predicted octanol–water partition coefficient (Wildman–Crippen LogP) is 5.38. The Hall–Kier alpha value is -4.34. The molecule has 2 aromatic carbocycles. The zero-order chi connectivity index (χ0) is 27.5. The van der Waals surface area contributed by atoms with Crippen LogP contribution in [0.4, 0.5) is 15.9 Å². The van der Waals surface area contributed by atoms with Crippen LogP contribution in [-0.4, -0.2) is 38.6 Å². The van der Waals surface area contributed by atoms with Crippen molar-refractivity contribution < 1.29 is 18.8 Å². The number of pyridine rings is 2. The molecule has 0 aliphatic carbocycles. The standard InChI is InChI=1S/C28H20Cl2FN5O3/c29-17-7-9-20-23(13-17)34-27(38)24(14-18-4-1-2-10-32-18)36(28(20)39)15-16-6-8-19(21(30)12-16)26(37)35-25-22(31)5-3-11-33-25/h1-13,24H,14-15H2,(H,34,38)(H,33,35,37). The number of anilines is 2. The van der Waals surface area contributed by atoms with Gasteiger partial charge in [0.2, 0.25) is 5.91 Å². The molecule has 0 spiro atoms. The summed E-state index contributed by atoms with van der Waals surface area (Å²) in [6, 6.07) is 16.3. The fraction of sp³-hybridized carbons (Fsp3) is 0.107. The summed E-state index contributed by atoms with van der Waals surface area (Å²) in [6.45, 7) is 0.0162. The summed E-state index contributed by atoms with van der Waals surface area (Å²) in [5, 5.41) is 5.67. The fourth-order valence-corrected chi connectivity index (χ4v) is 4.71. The largest absolute Gasteiger partial charge is 0.323 e. The molecule has 8 nitrogen and oxygen atoms in total. The maximum absolute atomic E-state index is 13.9. The Bertz CT molecular complexity index is 1580. The minimum atomic E-state index is -0.896. The number of halogens is 3. The Labute approximate surface area is 232 Å². The Morgan fingerprint density at radius 2 is 1.82 bits per heavy atom. The summed E-state index contributed by atoms with van der Waals surface area (Å²) in [5.41, 5.74) is 1.90. The van der Waals surface area contributed by atoms with Crippen molar-refractivity contribution in [1.29, 1.82) is 0 Å². The van der Waals surface area contributed by atoms with E-state index < -0.39 is 23.7 Å². The molecular weight excluding hydrogens is 544 g/mol. The van der Waals surface area contributed by atoms with Crippen molar-refractivity contribution in [2.24, 2.45) is 0 Å². The number of nitrogens with one attached hydrogen (secondary N) is 2. The molecule has 3 amide bonds. The highest BCUT2D eigenvalue weighted by atomic mass is 35.5. The van der Waals surface area contributed by atoms with E-state index in [0.29, 0.717) is 22.0 Å². The van der Waals surface area contributed by atoms with Gasteiger partial charge in [0.15, 0.2) is 11.6 Å². The maximum atomic E-state index is 13.9. The van der Waals surface area contributed by atoms with Crippen LogP contribution >= 0.6 is 23.2 Å². The van der Waals surface area contributed by atoms with Crippen LogP contribution in [0.25, 0.3) is 0 Å². The van der Waals surface area contributed by atoms with Gasteiger partial charge in [0, 0.05) is 36.1 Å². The molecular formula is C28H20Cl2FN5O3. The number of hydrogen-bond acceptors (Lipinski definition) is 5. The number of carbonyl (C=O) groups is 3. The molecule has 1 atom stereocenters. The molecule has 4 aromatic rings. The van der Waals surface area contributed by atoms with Gasteiger partial charge in [-0.05, 0) is 60.2 Å². The first-order valence-electron chi connectivity index (χ1n) is 11.8. The minimum absolute atomic E-state index is 0.0162. The van der Waals surface area contributed by atoms with Crippen molar-refractivity contribution in [2.45, 2.75) is 19.0 Å². The number of benzene rings is 2. The number of amides is 3. The molecule has 1 aliphatic rings. The summed E-state index contributed by atoms with van der Waals surface area (Å²) >= 11 is 12.5. The zero-order valence-corrected chi connectivity index (χ0v) is 21.7. The first kappa shape index (κ1) is 26.3. The summed E-state index contributed by atoms with van der Waals surface area (Å²) in [6.07, 6.45) is 3.14. The zero-order valence-electron chi connectivity index (χ0n) is 20.2. The van der Waals surface area contributed by atoms with Gasteiger partial charge in [-0.1, -0.05) is 35.3 Å². The monoisotopic (exact) mass is 563 g/mol. The molecule has 0 saturated heterocycles. The summed E-state index contributed by atoms with van der Waals surface area (Å²) in [5.74, 6) is -2.33. The smallest absolute Gasteiger partial charge is 0.258 e. The van der Waals surface area contributed by atoms with E-state index in [0.717, 1.165) is 0 Å². The van der Waals surface area contributed by atoms with Crippen LogP contribution < -0.4 is 10.6 Å². The Balaban J connectivity index is 1.45. The molecule has 2 aromatic heterocycles. The molecule has 2 N–H and O–H groups in total. The molecule has 39 heavy (non-hydrogen) atoms. The van der Waals surface area contributed by atoms with Crippen LogP contribution in [0.5, 0.6) is 0 Å². The minimum Gasteiger partial charge on any atom is -0.323 e. The van der Waals surface area contributed by atoms with E-state index in [1.165, 1.54) is 41.4 Å². The number of aromatic nitrogens is 2. The lowest BCUT2D eigenvalue weighted by Gasteiger charge is -2.29. The quantitative estimate of drug-likeness (QED) is 0.327. The lowest BCUT2D eigenvalue weighted by Crippen LogP contribution is -2.46. The molecule has 0 radical (unpaired) electrons. The third-order valence-electron chi connectivity index (χ3n) is 6.16. The van der Waals surface area contributed by atoms with Crippen LogP contribution in [0.1, 0.15) is 32.0 Å². The van der Waals surface area contributed by atoms with Gasteiger partial charge in [0.05, 0.1) is 21.8 Å². The molecule has 0 bridgehead atoms. The molecule has 1 aliphatic heterocycles. The third-order valence-corrected chi connectivity index (χ3v) is 6.71. The third kappa shape index (κ3) is 5.74. The molecule has 11 heteroatoms. The first-order chi connectivity index (χ1) is 18.8. The fourth-order valence-electron chi connectivity index (χ4n) is 4.25. The molecule has 3 heterocycles. The van der Waals surface area contributed by atoms with E-state index in [9.17, 15) is 18.8 Å². The molecule has 1 unspecified atom stereocenters. The van der Waals surface area contributed by atoms with Crippen LogP contribution in [0.15, 0.2) is 79.1 Å². The SMILES string of the molecule is O=C(Nc1ncccc1F)c1ccc(CN2C(=O)c3ccc(Cl)cc3NC(=O)C2Cc2ccccn2)cc1Cl. The van der Waals surface area contributed by atoms with Crippen LogP contribution in [0.2, 0.25) is 10.0 Å². The Morgan fingerprint density at radius 3 is 2.56 bits per heavy atom. The van der Waals surface area contributed by atoms with Gasteiger partial charge in [-0.15, -0.1) is 0 Å². The molecule has 0 fully saturated rings. The number of carbonyl (C=O) groups excluding carboxylic acids is 3. The number of hydrogen-bond donors (Lipinski definition) is 2. The van der Waals surface area contributed by atoms with Gasteiger partial charge in [-0.2, -0.15) is 0 Å². The van der Waals surface area contributed by atoms with Gasteiger partial charge in [0.1, 0.15) is 6.04 Å². The van der Waals surface area contributed by atoms with E-state index in [-0.39, 0.29) is 40.8 Å². The van der Waals surface area contributed by atoms with E-state index >= 15 is 0 Å². The van der Waals surface area contributed by atoms with Gasteiger partial charge in [-0.25, -0.2) is 9.37 Å². The van der Waals surface area contributed by atoms with Crippen LogP contribution in [0.3, 0.4) is 0 Å². The lowest BCUT2D eigenvalue weighted by molar-refractivity contribution is -0.120. The molecule has 0 saturated carbocycles. The summed E-state index contributed by atoms with van der Waals surface area (Å²) in [4.78, 5) is 49.4. The number of rotatable bonds is 6. The maximum Gasteiger partial charge on any atom is 0.258 e. The number of nitrogens with zero attached hydrogens (tertiary/aromatic N) is 3. The topological polar surface area (TPSA) is 104 Å². The highest BCUT2D eigenvalue weighted by molar-refractivity contribution is 6.34. The first-order valence-corrected chi connectivity index (χ1v) is 12.6. The van der Waals surface area contributed by atoms with Gasteiger partial charge < -0.3 is 15.5 Å². The highest BCUT2D eigenvalue weighted by Gasteiger charge is 2.36. The Morgan fingerprint density at radius 1 is 1.00 bits per heavy atom.